The molecule has 28 heteroatoms. The van der Waals surface area contributed by atoms with Crippen LogP contribution < -0.4 is 48.3 Å². The Hall–Kier alpha value is -10.9. The molecule has 0 aliphatic rings. The van der Waals surface area contributed by atoms with Gasteiger partial charge in [-0.1, -0.05) is 0 Å². The van der Waals surface area contributed by atoms with E-state index in [2.05, 4.69) is 57.5 Å². The van der Waals surface area contributed by atoms with Crippen LogP contribution in [0, 0.1) is 0 Å². The van der Waals surface area contributed by atoms with Gasteiger partial charge in [0.25, 0.3) is 41.4 Å². The highest BCUT2D eigenvalue weighted by Crippen LogP contribution is 2.32. The molecule has 8 aromatic heterocycles. The molecule has 0 saturated carbocycles. The zero-order valence-corrected chi connectivity index (χ0v) is 45.0. The van der Waals surface area contributed by atoms with Gasteiger partial charge in [-0.3, -0.25) is 38.4 Å². The number of aromatic hydroxyl groups is 1. The Morgan fingerprint density at radius 3 is 1.46 bits per heavy atom. The molecule has 0 radical (unpaired) electrons. The highest BCUT2D eigenvalue weighted by atomic mass is 16.3. The molecular formula is C53H57N19O9. The van der Waals surface area contributed by atoms with Crippen LogP contribution in [0.4, 0.5) is 34.1 Å². The van der Waals surface area contributed by atoms with Crippen molar-refractivity contribution in [1.82, 2.24) is 57.6 Å². The third kappa shape index (κ3) is 11.6. The summed E-state index contributed by atoms with van der Waals surface area (Å²) >= 11 is 0. The van der Waals surface area contributed by atoms with E-state index in [0.29, 0.717) is 45.5 Å². The Morgan fingerprint density at radius 1 is 0.543 bits per heavy atom. The van der Waals surface area contributed by atoms with Crippen LogP contribution in [0.1, 0.15) is 79.8 Å². The molecule has 9 rings (SSSR count). The minimum absolute atomic E-state index is 0.00502. The van der Waals surface area contributed by atoms with E-state index in [1.165, 1.54) is 69.7 Å². The molecule has 8 amide bonds. The molecule has 9 aromatic rings. The fraction of sp³-hybridized carbons (Fsp3) is 0.208. The molecule has 12 N–H and O–H groups in total. The van der Waals surface area contributed by atoms with Crippen LogP contribution in [0.2, 0.25) is 0 Å². The van der Waals surface area contributed by atoms with Gasteiger partial charge in [0.1, 0.15) is 34.0 Å². The van der Waals surface area contributed by atoms with Crippen molar-refractivity contribution in [3.8, 4) is 17.3 Å². The molecule has 0 aliphatic heterocycles. The number of carbonyl (C=O) groups excluding carboxylic acids is 8. The summed E-state index contributed by atoms with van der Waals surface area (Å²) in [5.41, 5.74) is 10.5. The third-order valence-corrected chi connectivity index (χ3v) is 13.2. The average Bonchev–Trinajstić information content (AvgIpc) is 4.52. The molecule has 0 aliphatic carbocycles. The van der Waals surface area contributed by atoms with E-state index in [1.807, 2.05) is 0 Å². The number of phenols is 1. The molecule has 28 nitrogen and oxygen atoms in total. The lowest BCUT2D eigenvalue weighted by molar-refractivity contribution is -0.117. The summed E-state index contributed by atoms with van der Waals surface area (Å²) in [4.78, 5) is 116. The summed E-state index contributed by atoms with van der Waals surface area (Å²) in [6.45, 7) is 0.00502. The molecule has 0 bridgehead atoms. The summed E-state index contributed by atoms with van der Waals surface area (Å²) in [7, 11) is 13.1. The maximum absolute atomic E-state index is 13.5. The number of H-pyrrole nitrogens is 1. The second-order valence-corrected chi connectivity index (χ2v) is 19.1. The van der Waals surface area contributed by atoms with E-state index in [0.717, 1.165) is 0 Å². The number of nitrogens with one attached hydrogen (secondary N) is 9. The fourth-order valence-corrected chi connectivity index (χ4v) is 9.01. The summed E-state index contributed by atoms with van der Waals surface area (Å²) in [5, 5.41) is 33.0. The van der Waals surface area contributed by atoms with Gasteiger partial charge in [0.2, 0.25) is 5.91 Å². The molecule has 1 aromatic carbocycles. The van der Waals surface area contributed by atoms with Gasteiger partial charge in [-0.05, 0) is 55.0 Å². The van der Waals surface area contributed by atoms with Crippen LogP contribution in [-0.4, -0.2) is 119 Å². The number of imidazole rings is 2. The number of hydrogen-bond acceptors (Lipinski definition) is 12. The number of amides is 8. The number of anilines is 6. The van der Waals surface area contributed by atoms with Crippen molar-refractivity contribution < 1.29 is 43.5 Å². The molecule has 1 atom stereocenters. The normalized spacial score (nSPS) is 11.5. The maximum atomic E-state index is 13.5. The Kier molecular flexibility index (Phi) is 15.1. The number of aromatic amines is 1. The molecule has 0 spiro atoms. The molecule has 81 heavy (non-hydrogen) atoms. The van der Waals surface area contributed by atoms with Gasteiger partial charge in [0.15, 0.2) is 17.4 Å². The first-order valence-electron chi connectivity index (χ1n) is 24.9. The van der Waals surface area contributed by atoms with E-state index in [1.54, 1.807) is 117 Å². The predicted molar refractivity (Wildman–Crippen MR) is 299 cm³/mol. The van der Waals surface area contributed by atoms with Gasteiger partial charge in [0.05, 0.1) is 56.9 Å². The zero-order chi connectivity index (χ0) is 58.1. The Labute approximate surface area is 460 Å². The standard InChI is InChI=1S/C53H57N19O9/c1-55-48(76)37-16-30(24-68(37)4)60-51(79)40-19-32(26-71(40)7)62-52(80)41-20-31(25-72(41)8)61-50(78)39-18-29(23-70(39)6)59-47(75)34(54)11-12-57-49(77)38-17-28(22-69(38)5)58-46(74)33-9-10-35-42(43(33)73)65-44(64-35)36-15-27(21-67(36)3)63-53(81)45-56-13-14-66(45)2/h9-10,13-26,34,73H,11-12,54H2,1-8H3,(H,55,76)(H,57,77)(H,58,74)(H,59,75)(H,60,79)(H,61,78)(H,62,80)(H,63,81)(H,64,65)/t34-/m1/s1. The lowest BCUT2D eigenvalue weighted by Gasteiger charge is -2.12. The number of aromatic nitrogens is 10. The van der Waals surface area contributed by atoms with E-state index in [-0.39, 0.29) is 75.7 Å². The third-order valence-electron chi connectivity index (χ3n) is 13.2. The Morgan fingerprint density at radius 2 is 0.975 bits per heavy atom. The zero-order valence-electron chi connectivity index (χ0n) is 45.0. The number of carbonyl (C=O) groups is 8. The lowest BCUT2D eigenvalue weighted by atomic mass is 10.1. The van der Waals surface area contributed by atoms with Crippen LogP contribution in [0.5, 0.6) is 5.75 Å². The van der Waals surface area contributed by atoms with Gasteiger partial charge >= 0.3 is 0 Å². The van der Waals surface area contributed by atoms with Crippen LogP contribution >= 0.6 is 0 Å². The SMILES string of the molecule is CNC(=O)c1cc(NC(=O)c2cc(NC(=O)c3cc(NC(=O)c4cc(NC(=O)[C@H](N)CCNC(=O)c5cc(NC(=O)c6ccc7nc(-c8cc(NC(=O)c9nccn9C)cn8C)[nH]c7c6O)cn5C)cn4C)cn3C)cn2C)cn1C. The first kappa shape index (κ1) is 54.9. The van der Waals surface area contributed by atoms with Gasteiger partial charge in [-0.15, -0.1) is 0 Å². The summed E-state index contributed by atoms with van der Waals surface area (Å²) in [6.07, 6.45) is 12.7. The summed E-state index contributed by atoms with van der Waals surface area (Å²) < 4.78 is 11.0. The number of nitrogens with zero attached hydrogens (tertiary/aromatic N) is 9. The van der Waals surface area contributed by atoms with Crippen LogP contribution in [0.15, 0.2) is 98.1 Å². The number of hydrogen-bond donors (Lipinski definition) is 11. The minimum Gasteiger partial charge on any atom is -0.505 e. The van der Waals surface area contributed by atoms with Gasteiger partial charge < -0.3 is 90.3 Å². The monoisotopic (exact) mass is 1100 g/mol. The number of fused-ring (bicyclic) bond motifs is 1. The van der Waals surface area contributed by atoms with Gasteiger partial charge in [-0.2, -0.15) is 0 Å². The van der Waals surface area contributed by atoms with Crippen molar-refractivity contribution >= 4 is 92.4 Å². The quantitative estimate of drug-likeness (QED) is 0.0589. The first-order chi connectivity index (χ1) is 38.5. The molecule has 418 valence electrons. The topological polar surface area (TPSA) is 355 Å². The second kappa shape index (κ2) is 22.2. The maximum Gasteiger partial charge on any atom is 0.291 e. The highest BCUT2D eigenvalue weighted by Gasteiger charge is 2.24. The Balaban J connectivity index is 0.736. The van der Waals surface area contributed by atoms with Crippen molar-refractivity contribution in [2.24, 2.45) is 55.1 Å². The lowest BCUT2D eigenvalue weighted by Crippen LogP contribution is -2.39. The summed E-state index contributed by atoms with van der Waals surface area (Å²) in [6, 6.07) is 11.1. The highest BCUT2D eigenvalue weighted by molar-refractivity contribution is 6.11. The van der Waals surface area contributed by atoms with Crippen molar-refractivity contribution in [3.05, 3.63) is 138 Å². The number of aryl methyl sites for hydroxylation is 7. The number of nitrogens with two attached hydrogens (primary N) is 1. The van der Waals surface area contributed by atoms with E-state index in [4.69, 9.17) is 5.73 Å². The summed E-state index contributed by atoms with van der Waals surface area (Å²) in [5.74, 6) is -3.73. The fourth-order valence-electron chi connectivity index (χ4n) is 9.01. The smallest absolute Gasteiger partial charge is 0.291 e. The number of benzene rings is 1. The Bertz CT molecular complexity index is 4000. The van der Waals surface area contributed by atoms with E-state index >= 15 is 0 Å². The first-order valence-corrected chi connectivity index (χ1v) is 24.9. The second-order valence-electron chi connectivity index (χ2n) is 19.1. The van der Waals surface area contributed by atoms with Gasteiger partial charge in [0, 0.05) is 113 Å². The van der Waals surface area contributed by atoms with Crippen LogP contribution in [0.3, 0.4) is 0 Å². The van der Waals surface area contributed by atoms with Crippen LogP contribution in [-0.2, 0) is 54.1 Å². The van der Waals surface area contributed by atoms with Crippen molar-refractivity contribution in [3.63, 3.8) is 0 Å². The van der Waals surface area contributed by atoms with Gasteiger partial charge in [-0.25, -0.2) is 9.97 Å². The molecule has 8 heterocycles. The molecule has 0 saturated heterocycles. The van der Waals surface area contributed by atoms with Crippen molar-refractivity contribution in [1.29, 1.82) is 0 Å². The largest absolute Gasteiger partial charge is 0.505 e. The van der Waals surface area contributed by atoms with Crippen molar-refractivity contribution in [2.75, 3.05) is 45.5 Å². The van der Waals surface area contributed by atoms with Crippen LogP contribution in [0.25, 0.3) is 22.6 Å². The van der Waals surface area contributed by atoms with E-state index < -0.39 is 47.4 Å². The number of rotatable bonds is 18. The number of phenolic OH excluding ortho intramolecular Hbond substituents is 1. The van der Waals surface area contributed by atoms with E-state index in [9.17, 15) is 43.5 Å². The van der Waals surface area contributed by atoms with Crippen molar-refractivity contribution in [2.45, 2.75) is 12.5 Å². The average molecular weight is 1100 g/mol. The molecular weight excluding hydrogens is 1050 g/mol. The molecule has 0 unspecified atom stereocenters. The predicted octanol–water partition coefficient (Wildman–Crippen LogP) is 3.41. The minimum atomic E-state index is -1.06. The molecule has 0 fully saturated rings.